The molecule has 24 heavy (non-hydrogen) atoms. The maximum absolute atomic E-state index is 12.3. The molecule has 122 valence electrons. The lowest BCUT2D eigenvalue weighted by Crippen LogP contribution is -2.36. The summed E-state index contributed by atoms with van der Waals surface area (Å²) in [6.07, 6.45) is 0.516. The maximum Gasteiger partial charge on any atom is 0.359 e. The molecule has 2 aromatic rings. The van der Waals surface area contributed by atoms with Gasteiger partial charge in [0.15, 0.2) is 0 Å². The molecule has 2 aromatic carbocycles. The first-order valence-electron chi connectivity index (χ1n) is 7.79. The predicted octanol–water partition coefficient (Wildman–Crippen LogP) is 3.39. The van der Waals surface area contributed by atoms with Gasteiger partial charge in [-0.25, -0.2) is 4.79 Å². The quantitative estimate of drug-likeness (QED) is 0.643. The molecule has 5 heteroatoms. The van der Waals surface area contributed by atoms with Crippen molar-refractivity contribution in [1.82, 2.24) is 0 Å². The molecule has 0 aliphatic carbocycles. The van der Waals surface area contributed by atoms with Crippen LogP contribution in [0.4, 0.5) is 5.69 Å². The van der Waals surface area contributed by atoms with Gasteiger partial charge in [0.1, 0.15) is 11.5 Å². The smallest absolute Gasteiger partial charge is 0.359 e. The second-order valence-electron chi connectivity index (χ2n) is 5.74. The number of hydrogen-bond acceptors (Lipinski definition) is 4. The van der Waals surface area contributed by atoms with Crippen molar-refractivity contribution in [3.8, 4) is 5.75 Å². The average Bonchev–Trinajstić information content (AvgIpc) is 2.58. The fourth-order valence-corrected chi connectivity index (χ4v) is 2.49. The van der Waals surface area contributed by atoms with Crippen molar-refractivity contribution in [2.45, 2.75) is 26.7 Å². The van der Waals surface area contributed by atoms with E-state index in [1.165, 1.54) is 5.01 Å². The van der Waals surface area contributed by atoms with Crippen LogP contribution in [0.25, 0.3) is 0 Å². The highest BCUT2D eigenvalue weighted by molar-refractivity contribution is 6.38. The number of carbonyl (C=O) groups is 2. The normalized spacial score (nSPS) is 14.3. The number of rotatable bonds is 3. The molecule has 3 rings (SSSR count). The molecule has 0 bridgehead atoms. The third-order valence-corrected chi connectivity index (χ3v) is 3.81. The summed E-state index contributed by atoms with van der Waals surface area (Å²) in [5.41, 5.74) is 2.90. The van der Waals surface area contributed by atoms with E-state index >= 15 is 0 Å². The summed E-state index contributed by atoms with van der Waals surface area (Å²) >= 11 is 0. The van der Waals surface area contributed by atoms with E-state index < -0.39 is 5.97 Å². The number of ether oxygens (including phenoxy) is 1. The SMILES string of the molecule is Cc1ccc(C)c(N2N=C(C(=O)Oc3ccccc3)CCC2=O)c1. The van der Waals surface area contributed by atoms with Crippen LogP contribution in [0.2, 0.25) is 0 Å². The van der Waals surface area contributed by atoms with Crippen LogP contribution in [0.15, 0.2) is 53.6 Å². The number of hydrogen-bond donors (Lipinski definition) is 0. The first-order chi connectivity index (χ1) is 11.5. The largest absolute Gasteiger partial charge is 0.422 e. The molecule has 1 aliphatic heterocycles. The number of nitrogens with zero attached hydrogens (tertiary/aromatic N) is 2. The summed E-state index contributed by atoms with van der Waals surface area (Å²) in [7, 11) is 0. The van der Waals surface area contributed by atoms with Crippen molar-refractivity contribution in [2.24, 2.45) is 5.10 Å². The molecule has 0 saturated heterocycles. The van der Waals surface area contributed by atoms with E-state index in [1.807, 2.05) is 38.1 Å². The summed E-state index contributed by atoms with van der Waals surface area (Å²) in [6, 6.07) is 14.6. The van der Waals surface area contributed by atoms with Gasteiger partial charge in [-0.05, 0) is 43.2 Å². The fraction of sp³-hybridized carbons (Fsp3) is 0.211. The Bertz CT molecular complexity index is 813. The van der Waals surface area contributed by atoms with Crippen LogP contribution in [0, 0.1) is 13.8 Å². The molecule has 5 nitrogen and oxygen atoms in total. The molecule has 1 aliphatic rings. The van der Waals surface area contributed by atoms with Crippen molar-refractivity contribution in [3.63, 3.8) is 0 Å². The van der Waals surface area contributed by atoms with Gasteiger partial charge < -0.3 is 4.74 Å². The van der Waals surface area contributed by atoms with Crippen LogP contribution in [0.3, 0.4) is 0 Å². The summed E-state index contributed by atoms with van der Waals surface area (Å²) in [4.78, 5) is 24.6. The highest BCUT2D eigenvalue weighted by atomic mass is 16.5. The first kappa shape index (κ1) is 15.9. The molecule has 0 unspecified atom stereocenters. The Morgan fingerprint density at radius 2 is 1.83 bits per heavy atom. The molecule has 0 radical (unpaired) electrons. The van der Waals surface area contributed by atoms with Crippen LogP contribution >= 0.6 is 0 Å². The van der Waals surface area contributed by atoms with Crippen molar-refractivity contribution >= 4 is 23.3 Å². The van der Waals surface area contributed by atoms with E-state index in [0.29, 0.717) is 11.4 Å². The Morgan fingerprint density at radius 1 is 1.08 bits per heavy atom. The zero-order valence-electron chi connectivity index (χ0n) is 13.7. The zero-order valence-corrected chi connectivity index (χ0v) is 13.7. The molecule has 1 heterocycles. The van der Waals surface area contributed by atoms with Crippen LogP contribution < -0.4 is 9.75 Å². The molecule has 0 saturated carbocycles. The van der Waals surface area contributed by atoms with Crippen molar-refractivity contribution in [1.29, 1.82) is 0 Å². The molecule has 0 fully saturated rings. The Balaban J connectivity index is 1.88. The number of carbonyl (C=O) groups excluding carboxylic acids is 2. The second-order valence-corrected chi connectivity index (χ2v) is 5.74. The van der Waals surface area contributed by atoms with Crippen LogP contribution in [-0.4, -0.2) is 17.6 Å². The number of para-hydroxylation sites is 1. The summed E-state index contributed by atoms with van der Waals surface area (Å²) < 4.78 is 5.32. The van der Waals surface area contributed by atoms with Gasteiger partial charge in [0.25, 0.3) is 0 Å². The van der Waals surface area contributed by atoms with E-state index in [-0.39, 0.29) is 24.5 Å². The van der Waals surface area contributed by atoms with Gasteiger partial charge in [0.2, 0.25) is 5.91 Å². The van der Waals surface area contributed by atoms with E-state index in [2.05, 4.69) is 5.10 Å². The third-order valence-electron chi connectivity index (χ3n) is 3.81. The van der Waals surface area contributed by atoms with Gasteiger partial charge in [0.05, 0.1) is 5.69 Å². The Morgan fingerprint density at radius 3 is 2.58 bits per heavy atom. The lowest BCUT2D eigenvalue weighted by atomic mass is 10.1. The molecule has 0 atom stereocenters. The summed E-state index contributed by atoms with van der Waals surface area (Å²) in [5.74, 6) is -0.190. The van der Waals surface area contributed by atoms with Gasteiger partial charge >= 0.3 is 5.97 Å². The second kappa shape index (κ2) is 6.66. The van der Waals surface area contributed by atoms with Gasteiger partial charge in [-0.1, -0.05) is 30.3 Å². The minimum absolute atomic E-state index is 0.125. The molecule has 0 N–H and O–H groups in total. The highest BCUT2D eigenvalue weighted by Crippen LogP contribution is 2.25. The molecular formula is C19H18N2O3. The Labute approximate surface area is 140 Å². The van der Waals surface area contributed by atoms with Crippen LogP contribution in [0.5, 0.6) is 5.75 Å². The minimum atomic E-state index is -0.524. The van der Waals surface area contributed by atoms with Gasteiger partial charge in [-0.3, -0.25) is 4.79 Å². The van der Waals surface area contributed by atoms with Crippen molar-refractivity contribution in [3.05, 3.63) is 59.7 Å². The number of aryl methyl sites for hydroxylation is 2. The molecular weight excluding hydrogens is 304 g/mol. The minimum Gasteiger partial charge on any atom is -0.422 e. The standard InChI is InChI=1S/C19H18N2O3/c1-13-8-9-14(2)17(12-13)21-18(22)11-10-16(20-21)19(23)24-15-6-4-3-5-7-15/h3-9,12H,10-11H2,1-2H3. The van der Waals surface area contributed by atoms with E-state index in [9.17, 15) is 9.59 Å². The Hall–Kier alpha value is -2.95. The summed E-state index contributed by atoms with van der Waals surface area (Å²) in [6.45, 7) is 3.86. The molecule has 0 spiro atoms. The number of benzene rings is 2. The lowest BCUT2D eigenvalue weighted by molar-refractivity contribution is -0.127. The number of esters is 1. The number of anilines is 1. The fourth-order valence-electron chi connectivity index (χ4n) is 2.49. The maximum atomic E-state index is 12.3. The van der Waals surface area contributed by atoms with E-state index in [0.717, 1.165) is 11.1 Å². The lowest BCUT2D eigenvalue weighted by Gasteiger charge is -2.24. The average molecular weight is 322 g/mol. The van der Waals surface area contributed by atoms with E-state index in [4.69, 9.17) is 4.74 Å². The number of amides is 1. The monoisotopic (exact) mass is 322 g/mol. The highest BCUT2D eigenvalue weighted by Gasteiger charge is 2.27. The summed E-state index contributed by atoms with van der Waals surface area (Å²) in [5, 5.41) is 5.57. The van der Waals surface area contributed by atoms with E-state index in [1.54, 1.807) is 24.3 Å². The first-order valence-corrected chi connectivity index (χ1v) is 7.79. The van der Waals surface area contributed by atoms with Crippen molar-refractivity contribution < 1.29 is 14.3 Å². The van der Waals surface area contributed by atoms with Gasteiger partial charge in [0, 0.05) is 12.8 Å². The van der Waals surface area contributed by atoms with Gasteiger partial charge in [-0.2, -0.15) is 10.1 Å². The predicted molar refractivity (Wildman–Crippen MR) is 92.1 cm³/mol. The Kier molecular flexibility index (Phi) is 4.42. The third kappa shape index (κ3) is 3.35. The van der Waals surface area contributed by atoms with Crippen LogP contribution in [0.1, 0.15) is 24.0 Å². The molecule has 1 amide bonds. The zero-order chi connectivity index (χ0) is 17.1. The van der Waals surface area contributed by atoms with Gasteiger partial charge in [-0.15, -0.1) is 0 Å². The van der Waals surface area contributed by atoms with Crippen molar-refractivity contribution in [2.75, 3.05) is 5.01 Å². The van der Waals surface area contributed by atoms with Crippen LogP contribution in [-0.2, 0) is 9.59 Å². The number of hydrazone groups is 1. The topological polar surface area (TPSA) is 59.0 Å². The molecule has 0 aromatic heterocycles.